The van der Waals surface area contributed by atoms with Gasteiger partial charge in [0, 0.05) is 27.5 Å². The van der Waals surface area contributed by atoms with Crippen LogP contribution in [0.5, 0.6) is 0 Å². The minimum atomic E-state index is 0.306. The van der Waals surface area contributed by atoms with E-state index in [4.69, 9.17) is 18.0 Å². The second-order valence-electron chi connectivity index (χ2n) is 3.35. The van der Waals surface area contributed by atoms with Crippen LogP contribution in [0.25, 0.3) is 0 Å². The maximum Gasteiger partial charge on any atom is 0.124 e. The highest BCUT2D eigenvalue weighted by molar-refractivity contribution is 9.10. The average Bonchev–Trinajstić information content (AvgIpc) is 2.73. The standard InChI is InChI=1S/C11H10BrN3S2/c12-7-4-8(17-6-7)5-15-9-2-1-3-14-10(9)11(13)16/h1-4,6,15H,5H2,(H2,13,16). The van der Waals surface area contributed by atoms with Crippen molar-refractivity contribution >= 4 is 50.2 Å². The lowest BCUT2D eigenvalue weighted by Crippen LogP contribution is -2.14. The van der Waals surface area contributed by atoms with Gasteiger partial charge in [-0.05, 0) is 34.1 Å². The third-order valence-electron chi connectivity index (χ3n) is 2.12. The van der Waals surface area contributed by atoms with Crippen LogP contribution in [-0.2, 0) is 6.54 Å². The van der Waals surface area contributed by atoms with Gasteiger partial charge in [-0.3, -0.25) is 4.98 Å². The number of nitrogens with zero attached hydrogens (tertiary/aromatic N) is 1. The minimum absolute atomic E-state index is 0.306. The number of nitrogens with two attached hydrogens (primary N) is 1. The third kappa shape index (κ3) is 3.24. The van der Waals surface area contributed by atoms with Crippen LogP contribution in [0, 0.1) is 0 Å². The van der Waals surface area contributed by atoms with Gasteiger partial charge in [-0.1, -0.05) is 12.2 Å². The minimum Gasteiger partial charge on any atom is -0.388 e. The number of rotatable bonds is 4. The number of hydrogen-bond acceptors (Lipinski definition) is 4. The number of nitrogens with one attached hydrogen (secondary N) is 1. The molecule has 88 valence electrons. The lowest BCUT2D eigenvalue weighted by molar-refractivity contribution is 1.16. The summed E-state index contributed by atoms with van der Waals surface area (Å²) in [5.41, 5.74) is 7.11. The summed E-state index contributed by atoms with van der Waals surface area (Å²) in [4.78, 5) is 5.70. The smallest absolute Gasteiger partial charge is 0.124 e. The normalized spacial score (nSPS) is 10.2. The average molecular weight is 328 g/mol. The molecule has 0 spiro atoms. The summed E-state index contributed by atoms with van der Waals surface area (Å²) in [7, 11) is 0. The van der Waals surface area contributed by atoms with Crippen LogP contribution < -0.4 is 11.1 Å². The molecular weight excluding hydrogens is 318 g/mol. The van der Waals surface area contributed by atoms with Crippen LogP contribution in [0.4, 0.5) is 5.69 Å². The van der Waals surface area contributed by atoms with Crippen LogP contribution in [0.1, 0.15) is 10.6 Å². The summed E-state index contributed by atoms with van der Waals surface area (Å²) in [6.45, 7) is 0.734. The number of pyridine rings is 1. The SMILES string of the molecule is NC(=S)c1ncccc1NCc1cc(Br)cs1. The van der Waals surface area contributed by atoms with E-state index in [-0.39, 0.29) is 0 Å². The lowest BCUT2D eigenvalue weighted by atomic mass is 10.3. The van der Waals surface area contributed by atoms with Gasteiger partial charge >= 0.3 is 0 Å². The molecule has 0 saturated heterocycles. The van der Waals surface area contributed by atoms with E-state index in [1.165, 1.54) is 4.88 Å². The summed E-state index contributed by atoms with van der Waals surface area (Å²) in [6, 6.07) is 5.85. The molecule has 17 heavy (non-hydrogen) atoms. The summed E-state index contributed by atoms with van der Waals surface area (Å²) < 4.78 is 1.10. The van der Waals surface area contributed by atoms with Crippen molar-refractivity contribution in [3.8, 4) is 0 Å². The predicted octanol–water partition coefficient (Wildman–Crippen LogP) is 3.15. The monoisotopic (exact) mass is 327 g/mol. The van der Waals surface area contributed by atoms with Crippen molar-refractivity contribution in [1.29, 1.82) is 0 Å². The molecule has 6 heteroatoms. The van der Waals surface area contributed by atoms with Crippen molar-refractivity contribution < 1.29 is 0 Å². The van der Waals surface area contributed by atoms with E-state index in [2.05, 4.69) is 37.7 Å². The Morgan fingerprint density at radius 1 is 1.59 bits per heavy atom. The van der Waals surface area contributed by atoms with Crippen molar-refractivity contribution in [2.75, 3.05) is 5.32 Å². The highest BCUT2D eigenvalue weighted by Gasteiger charge is 2.06. The van der Waals surface area contributed by atoms with Crippen molar-refractivity contribution in [1.82, 2.24) is 4.98 Å². The van der Waals surface area contributed by atoms with Gasteiger partial charge in [0.2, 0.25) is 0 Å². The molecule has 0 aromatic carbocycles. The van der Waals surface area contributed by atoms with Crippen LogP contribution in [0.2, 0.25) is 0 Å². The second kappa shape index (κ2) is 5.57. The van der Waals surface area contributed by atoms with Crippen LogP contribution in [0.3, 0.4) is 0 Å². The van der Waals surface area contributed by atoms with Crippen molar-refractivity contribution in [2.45, 2.75) is 6.54 Å². The van der Waals surface area contributed by atoms with Crippen LogP contribution in [-0.4, -0.2) is 9.97 Å². The molecular formula is C11H10BrN3S2. The van der Waals surface area contributed by atoms with Gasteiger partial charge in [-0.25, -0.2) is 0 Å². The summed E-state index contributed by atoms with van der Waals surface area (Å²) in [5, 5.41) is 5.33. The molecule has 0 saturated carbocycles. The van der Waals surface area contributed by atoms with E-state index in [0.29, 0.717) is 10.7 Å². The first-order chi connectivity index (χ1) is 8.16. The zero-order chi connectivity index (χ0) is 12.3. The Bertz CT molecular complexity index is 539. The Balaban J connectivity index is 2.11. The van der Waals surface area contributed by atoms with Crippen molar-refractivity contribution in [3.63, 3.8) is 0 Å². The first-order valence-electron chi connectivity index (χ1n) is 4.88. The fourth-order valence-electron chi connectivity index (χ4n) is 1.37. The molecule has 0 radical (unpaired) electrons. The zero-order valence-corrected chi connectivity index (χ0v) is 12.0. The number of thiocarbonyl (C=S) groups is 1. The number of anilines is 1. The highest BCUT2D eigenvalue weighted by Crippen LogP contribution is 2.21. The summed E-state index contributed by atoms with van der Waals surface area (Å²) >= 11 is 10.1. The van der Waals surface area contributed by atoms with Gasteiger partial charge in [0.1, 0.15) is 10.7 Å². The largest absolute Gasteiger partial charge is 0.388 e. The molecule has 2 aromatic heterocycles. The first-order valence-corrected chi connectivity index (χ1v) is 6.96. The van der Waals surface area contributed by atoms with Crippen LogP contribution >= 0.6 is 39.5 Å². The van der Waals surface area contributed by atoms with E-state index in [1.54, 1.807) is 17.5 Å². The Labute approximate surface area is 117 Å². The molecule has 0 atom stereocenters. The van der Waals surface area contributed by atoms with Gasteiger partial charge in [0.05, 0.1) is 5.69 Å². The first kappa shape index (κ1) is 12.5. The van der Waals surface area contributed by atoms with Crippen molar-refractivity contribution in [2.24, 2.45) is 5.73 Å². The highest BCUT2D eigenvalue weighted by atomic mass is 79.9. The van der Waals surface area contributed by atoms with E-state index in [1.807, 2.05) is 12.1 Å². The zero-order valence-electron chi connectivity index (χ0n) is 8.81. The molecule has 2 heterocycles. The molecule has 0 aliphatic heterocycles. The number of halogens is 1. The van der Waals surface area contributed by atoms with Gasteiger partial charge < -0.3 is 11.1 Å². The molecule has 0 aliphatic rings. The Morgan fingerprint density at radius 3 is 3.06 bits per heavy atom. The topological polar surface area (TPSA) is 50.9 Å². The molecule has 0 unspecified atom stereocenters. The molecule has 3 N–H and O–H groups in total. The van der Waals surface area contributed by atoms with Gasteiger partial charge in [0.15, 0.2) is 0 Å². The number of hydrogen-bond donors (Lipinski definition) is 2. The fourth-order valence-corrected chi connectivity index (χ4v) is 2.93. The van der Waals surface area contributed by atoms with Gasteiger partial charge in [-0.2, -0.15) is 0 Å². The van der Waals surface area contributed by atoms with Crippen LogP contribution in [0.15, 0.2) is 34.2 Å². The van der Waals surface area contributed by atoms with Crippen molar-refractivity contribution in [3.05, 3.63) is 44.8 Å². The quantitative estimate of drug-likeness (QED) is 0.847. The molecule has 0 aliphatic carbocycles. The second-order valence-corrected chi connectivity index (χ2v) is 5.70. The fraction of sp³-hybridized carbons (Fsp3) is 0.0909. The molecule has 0 bridgehead atoms. The maximum atomic E-state index is 5.61. The van der Waals surface area contributed by atoms with E-state index in [9.17, 15) is 0 Å². The lowest BCUT2D eigenvalue weighted by Gasteiger charge is -2.08. The molecule has 2 rings (SSSR count). The van der Waals surface area contributed by atoms with Gasteiger partial charge in [0.25, 0.3) is 0 Å². The number of thiophene rings is 1. The summed E-state index contributed by atoms with van der Waals surface area (Å²) in [6.07, 6.45) is 1.68. The number of aromatic nitrogens is 1. The van der Waals surface area contributed by atoms with E-state index >= 15 is 0 Å². The molecule has 0 fully saturated rings. The Hall–Kier alpha value is -0.980. The molecule has 0 amide bonds. The molecule has 3 nitrogen and oxygen atoms in total. The van der Waals surface area contributed by atoms with E-state index in [0.717, 1.165) is 16.7 Å². The summed E-state index contributed by atoms with van der Waals surface area (Å²) in [5.74, 6) is 0. The van der Waals surface area contributed by atoms with Gasteiger partial charge in [-0.15, -0.1) is 11.3 Å². The maximum absolute atomic E-state index is 5.61. The predicted molar refractivity (Wildman–Crippen MR) is 79.5 cm³/mol. The Kier molecular flexibility index (Phi) is 4.09. The van der Waals surface area contributed by atoms with E-state index < -0.39 is 0 Å². The Morgan fingerprint density at radius 2 is 2.41 bits per heavy atom. The third-order valence-corrected chi connectivity index (χ3v) is 4.01. The molecule has 2 aromatic rings.